The molecule has 3 N–H and O–H groups in total. The predicted octanol–water partition coefficient (Wildman–Crippen LogP) is 4.54. The molecule has 4 heterocycles. The van der Waals surface area contributed by atoms with Crippen LogP contribution in [0.4, 0.5) is 5.69 Å². The first-order valence-corrected chi connectivity index (χ1v) is 12.7. The van der Waals surface area contributed by atoms with E-state index in [1.165, 1.54) is 0 Å². The number of amides is 1. The van der Waals surface area contributed by atoms with E-state index in [2.05, 4.69) is 41.1 Å². The van der Waals surface area contributed by atoms with Crippen LogP contribution in [0.5, 0.6) is 0 Å². The molecule has 10 heteroatoms. The van der Waals surface area contributed by atoms with Gasteiger partial charge in [-0.15, -0.1) is 0 Å². The van der Waals surface area contributed by atoms with E-state index in [4.69, 9.17) is 26.3 Å². The SMILES string of the molecule is CC1CN(C=O)CC(C)O1.CCN1CCOC(C)(C)C1.ONc1cc(Cl)cc2c1[nH]c1cnccc12. The zero-order valence-electron chi connectivity index (χ0n) is 21.8. The Bertz CT molecular complexity index is 1130. The molecule has 0 bridgehead atoms. The number of hydrogen-bond acceptors (Lipinski definition) is 7. The number of nitrogens with zero attached hydrogens (tertiary/aromatic N) is 3. The van der Waals surface area contributed by atoms with Gasteiger partial charge in [-0.05, 0) is 52.4 Å². The number of likely N-dealkylation sites (N-methyl/N-ethyl adjacent to an activating group) is 1. The van der Waals surface area contributed by atoms with Gasteiger partial charge in [-0.1, -0.05) is 18.5 Å². The van der Waals surface area contributed by atoms with Crippen LogP contribution in [0, 0.1) is 0 Å². The van der Waals surface area contributed by atoms with E-state index in [0.29, 0.717) is 10.7 Å². The molecule has 0 radical (unpaired) electrons. The van der Waals surface area contributed by atoms with Gasteiger partial charge < -0.3 is 19.4 Å². The molecule has 2 atom stereocenters. The molecule has 9 nitrogen and oxygen atoms in total. The van der Waals surface area contributed by atoms with Crippen molar-refractivity contribution in [2.75, 3.05) is 44.8 Å². The largest absolute Gasteiger partial charge is 0.373 e. The quantitative estimate of drug-likeness (QED) is 0.345. The summed E-state index contributed by atoms with van der Waals surface area (Å²) in [5, 5.41) is 11.6. The number of anilines is 1. The van der Waals surface area contributed by atoms with Crippen LogP contribution >= 0.6 is 11.6 Å². The van der Waals surface area contributed by atoms with Gasteiger partial charge in [0.25, 0.3) is 0 Å². The fraction of sp³-hybridized carbons (Fsp3) is 0.538. The average Bonchev–Trinajstić information content (AvgIpc) is 3.21. The molecule has 2 aliphatic heterocycles. The molecule has 2 fully saturated rings. The molecule has 3 aromatic rings. The van der Waals surface area contributed by atoms with E-state index in [0.717, 1.165) is 67.5 Å². The number of pyridine rings is 1. The maximum absolute atomic E-state index is 10.3. The van der Waals surface area contributed by atoms with Gasteiger partial charge in [-0.25, -0.2) is 0 Å². The summed E-state index contributed by atoms with van der Waals surface area (Å²) in [6, 6.07) is 5.43. The lowest BCUT2D eigenvalue weighted by molar-refractivity contribution is -0.130. The highest BCUT2D eigenvalue weighted by molar-refractivity contribution is 6.32. The molecule has 5 rings (SSSR count). The summed E-state index contributed by atoms with van der Waals surface area (Å²) in [4.78, 5) is 21.7. The Morgan fingerprint density at radius 1 is 1.28 bits per heavy atom. The first kappa shape index (κ1) is 28.1. The van der Waals surface area contributed by atoms with Gasteiger partial charge in [-0.3, -0.25) is 25.4 Å². The summed E-state index contributed by atoms with van der Waals surface area (Å²) in [5.41, 5.74) is 4.50. The summed E-state index contributed by atoms with van der Waals surface area (Å²) in [5.74, 6) is 0. The number of ether oxygens (including phenoxy) is 2. The fourth-order valence-corrected chi connectivity index (χ4v) is 4.81. The van der Waals surface area contributed by atoms with Crippen LogP contribution in [0.3, 0.4) is 0 Å². The van der Waals surface area contributed by atoms with Crippen molar-refractivity contribution in [3.05, 3.63) is 35.6 Å². The number of halogens is 1. The first-order valence-electron chi connectivity index (χ1n) is 12.3. The number of aromatic nitrogens is 2. The molecule has 2 aliphatic rings. The normalized spacial score (nSPS) is 21.8. The standard InChI is InChI=1S/C11H8ClN3O.C8H17NO.C7H13NO2/c12-6-3-8-7-1-2-13-5-10(7)14-11(8)9(4-6)15-16;1-4-9-5-6-10-8(2,3)7-9;1-6-3-8(5-9)4-7(2)10-6/h1-5,14-16H;4-7H2,1-3H3;5-7H,3-4H2,1-2H3. The van der Waals surface area contributed by atoms with Gasteiger partial charge in [0.2, 0.25) is 6.41 Å². The number of hydrogen-bond donors (Lipinski definition) is 3. The summed E-state index contributed by atoms with van der Waals surface area (Å²) in [7, 11) is 0. The number of nitrogens with one attached hydrogen (secondary N) is 2. The van der Waals surface area contributed by atoms with Crippen molar-refractivity contribution in [1.29, 1.82) is 0 Å². The number of rotatable bonds is 3. The highest BCUT2D eigenvalue weighted by atomic mass is 35.5. The minimum absolute atomic E-state index is 0.0776. The van der Waals surface area contributed by atoms with E-state index >= 15 is 0 Å². The molecule has 1 aromatic carbocycles. The fourth-order valence-electron chi connectivity index (χ4n) is 4.59. The number of aromatic amines is 1. The molecule has 2 saturated heterocycles. The Labute approximate surface area is 217 Å². The minimum atomic E-state index is 0.0776. The van der Waals surface area contributed by atoms with E-state index in [-0.39, 0.29) is 17.8 Å². The van der Waals surface area contributed by atoms with Crippen LogP contribution in [-0.2, 0) is 14.3 Å². The van der Waals surface area contributed by atoms with Crippen LogP contribution in [0.1, 0.15) is 34.6 Å². The Balaban J connectivity index is 0.000000159. The van der Waals surface area contributed by atoms with Crippen molar-refractivity contribution in [3.8, 4) is 0 Å². The molecule has 0 spiro atoms. The second-order valence-corrected chi connectivity index (χ2v) is 10.3. The predicted molar refractivity (Wildman–Crippen MR) is 144 cm³/mol. The Morgan fingerprint density at radius 3 is 2.58 bits per heavy atom. The number of H-pyrrole nitrogens is 1. The van der Waals surface area contributed by atoms with Crippen molar-refractivity contribution >= 4 is 45.5 Å². The monoisotopic (exact) mass is 519 g/mol. The third-order valence-electron chi connectivity index (χ3n) is 6.14. The second kappa shape index (κ2) is 12.7. The van der Waals surface area contributed by atoms with E-state index < -0.39 is 0 Å². The lowest BCUT2D eigenvalue weighted by Gasteiger charge is -2.37. The van der Waals surface area contributed by atoms with Crippen LogP contribution in [0.2, 0.25) is 5.02 Å². The third kappa shape index (κ3) is 7.54. The lowest BCUT2D eigenvalue weighted by Crippen LogP contribution is -2.47. The van der Waals surface area contributed by atoms with Crippen LogP contribution in [0.25, 0.3) is 21.8 Å². The van der Waals surface area contributed by atoms with Crippen LogP contribution in [-0.4, -0.2) is 88.5 Å². The number of morpholine rings is 2. The molecular weight excluding hydrogens is 482 g/mol. The molecular formula is C26H38ClN5O4. The molecule has 1 amide bonds. The van der Waals surface area contributed by atoms with Crippen molar-refractivity contribution in [3.63, 3.8) is 0 Å². The van der Waals surface area contributed by atoms with Crippen molar-refractivity contribution in [2.24, 2.45) is 0 Å². The van der Waals surface area contributed by atoms with Gasteiger partial charge in [0.15, 0.2) is 0 Å². The molecule has 2 unspecified atom stereocenters. The number of fused-ring (bicyclic) bond motifs is 3. The van der Waals surface area contributed by atoms with E-state index in [9.17, 15) is 4.79 Å². The number of carbonyl (C=O) groups excluding carboxylic acids is 1. The van der Waals surface area contributed by atoms with Crippen molar-refractivity contribution < 1.29 is 19.5 Å². The van der Waals surface area contributed by atoms with Gasteiger partial charge in [0.1, 0.15) is 0 Å². The summed E-state index contributed by atoms with van der Waals surface area (Å²) in [6.07, 6.45) is 4.73. The zero-order chi connectivity index (χ0) is 26.3. The molecule has 36 heavy (non-hydrogen) atoms. The van der Waals surface area contributed by atoms with Gasteiger partial charge in [0.05, 0.1) is 47.3 Å². The maximum Gasteiger partial charge on any atom is 0.209 e. The lowest BCUT2D eigenvalue weighted by atomic mass is 10.1. The summed E-state index contributed by atoms with van der Waals surface area (Å²) < 4.78 is 11.0. The van der Waals surface area contributed by atoms with E-state index in [1.807, 2.05) is 26.0 Å². The van der Waals surface area contributed by atoms with Gasteiger partial charge in [-0.2, -0.15) is 0 Å². The number of benzene rings is 1. The molecule has 0 saturated carbocycles. The zero-order valence-corrected chi connectivity index (χ0v) is 22.5. The van der Waals surface area contributed by atoms with Gasteiger partial charge in [0, 0.05) is 48.2 Å². The Kier molecular flexibility index (Phi) is 9.92. The van der Waals surface area contributed by atoms with Crippen molar-refractivity contribution in [1.82, 2.24) is 19.8 Å². The molecule has 2 aromatic heterocycles. The molecule has 0 aliphatic carbocycles. The summed E-state index contributed by atoms with van der Waals surface area (Å²) >= 11 is 5.98. The third-order valence-corrected chi connectivity index (χ3v) is 6.36. The van der Waals surface area contributed by atoms with E-state index in [1.54, 1.807) is 23.4 Å². The minimum Gasteiger partial charge on any atom is -0.373 e. The first-order chi connectivity index (χ1) is 17.2. The molecule has 198 valence electrons. The average molecular weight is 520 g/mol. The Morgan fingerprint density at radius 2 is 2.00 bits per heavy atom. The number of carbonyl (C=O) groups is 1. The summed E-state index contributed by atoms with van der Waals surface area (Å²) in [6.45, 7) is 16.1. The van der Waals surface area contributed by atoms with Crippen molar-refractivity contribution in [2.45, 2.75) is 52.4 Å². The maximum atomic E-state index is 10.3. The van der Waals surface area contributed by atoms with Crippen LogP contribution in [0.15, 0.2) is 30.6 Å². The Hall–Kier alpha value is -2.43. The van der Waals surface area contributed by atoms with Crippen LogP contribution < -0.4 is 5.48 Å². The second-order valence-electron chi connectivity index (χ2n) is 9.83. The topological polar surface area (TPSA) is 103 Å². The highest BCUT2D eigenvalue weighted by Gasteiger charge is 2.25. The van der Waals surface area contributed by atoms with Gasteiger partial charge >= 0.3 is 0 Å². The smallest absolute Gasteiger partial charge is 0.209 e. The highest BCUT2D eigenvalue weighted by Crippen LogP contribution is 2.32.